The van der Waals surface area contributed by atoms with Gasteiger partial charge in [0.2, 0.25) is 0 Å². The number of likely N-dealkylation sites (N-methyl/N-ethyl adjacent to an activating group) is 1. The Morgan fingerprint density at radius 1 is 1.21 bits per heavy atom. The fourth-order valence-electron chi connectivity index (χ4n) is 2.19. The average molecular weight is 448 g/mol. The Balaban J connectivity index is 0.00000529. The summed E-state index contributed by atoms with van der Waals surface area (Å²) in [6, 6.07) is 7.99. The highest BCUT2D eigenvalue weighted by atomic mass is 127. The van der Waals surface area contributed by atoms with E-state index in [-0.39, 0.29) is 29.5 Å². The van der Waals surface area contributed by atoms with Gasteiger partial charge < -0.3 is 20.7 Å². The minimum absolute atomic E-state index is 0. The lowest BCUT2D eigenvalue weighted by molar-refractivity contribution is 0.221. The molecule has 0 saturated heterocycles. The number of hydrogen-bond acceptors (Lipinski definition) is 3. The summed E-state index contributed by atoms with van der Waals surface area (Å²) in [6.07, 6.45) is 0. The number of halogens is 1. The van der Waals surface area contributed by atoms with E-state index >= 15 is 0 Å². The first-order valence-electron chi connectivity index (χ1n) is 8.37. The number of nitrogens with two attached hydrogens (primary N) is 1. The molecule has 1 aromatic rings. The fourth-order valence-corrected chi connectivity index (χ4v) is 2.19. The summed E-state index contributed by atoms with van der Waals surface area (Å²) in [5.41, 5.74) is 6.88. The van der Waals surface area contributed by atoms with Crippen LogP contribution in [0.5, 0.6) is 5.75 Å². The lowest BCUT2D eigenvalue weighted by Gasteiger charge is -2.21. The van der Waals surface area contributed by atoms with Crippen molar-refractivity contribution < 1.29 is 4.74 Å². The fraction of sp³-hybridized carbons (Fsp3) is 0.611. The van der Waals surface area contributed by atoms with Crippen LogP contribution in [0.2, 0.25) is 0 Å². The van der Waals surface area contributed by atoms with Gasteiger partial charge in [-0.2, -0.15) is 0 Å². The second-order valence-corrected chi connectivity index (χ2v) is 6.56. The number of aliphatic imine (C=N–C) groups is 1. The molecule has 0 aromatic heterocycles. The van der Waals surface area contributed by atoms with Gasteiger partial charge in [0, 0.05) is 17.6 Å². The molecule has 0 amide bonds. The average Bonchev–Trinajstić information content (AvgIpc) is 2.49. The van der Waals surface area contributed by atoms with Crippen molar-refractivity contribution >= 4 is 29.9 Å². The minimum atomic E-state index is -0.0899. The molecule has 0 saturated carbocycles. The Morgan fingerprint density at radius 3 is 2.42 bits per heavy atom. The van der Waals surface area contributed by atoms with E-state index in [9.17, 15) is 0 Å². The van der Waals surface area contributed by atoms with E-state index in [1.54, 1.807) is 0 Å². The van der Waals surface area contributed by atoms with Crippen LogP contribution in [0, 0.1) is 0 Å². The Morgan fingerprint density at radius 2 is 1.83 bits per heavy atom. The standard InChI is InChI=1S/C18H32N4O.HI/c1-6-22(7-2)12-13-23-16-11-9-8-10-15(16)14-20-17(19)21-18(3,4)5;/h8-11H,6-7,12-14H2,1-5H3,(H3,19,20,21);1H. The van der Waals surface area contributed by atoms with Gasteiger partial charge in [0.25, 0.3) is 0 Å². The van der Waals surface area contributed by atoms with E-state index in [0.29, 0.717) is 19.1 Å². The molecule has 138 valence electrons. The van der Waals surface area contributed by atoms with Crippen LogP contribution in [0.3, 0.4) is 0 Å². The Kier molecular flexibility index (Phi) is 11.0. The first kappa shape index (κ1) is 23.0. The number of ether oxygens (including phenoxy) is 1. The van der Waals surface area contributed by atoms with Gasteiger partial charge in [0.05, 0.1) is 6.54 Å². The maximum atomic E-state index is 5.93. The zero-order chi connectivity index (χ0) is 17.3. The van der Waals surface area contributed by atoms with Crippen molar-refractivity contribution in [2.24, 2.45) is 10.7 Å². The highest BCUT2D eigenvalue weighted by Gasteiger charge is 2.10. The highest BCUT2D eigenvalue weighted by Crippen LogP contribution is 2.18. The molecule has 0 aliphatic heterocycles. The largest absolute Gasteiger partial charge is 0.492 e. The summed E-state index contributed by atoms with van der Waals surface area (Å²) in [7, 11) is 0. The maximum absolute atomic E-state index is 5.93. The monoisotopic (exact) mass is 448 g/mol. The Bertz CT molecular complexity index is 496. The van der Waals surface area contributed by atoms with E-state index < -0.39 is 0 Å². The molecule has 0 spiro atoms. The summed E-state index contributed by atoms with van der Waals surface area (Å²) < 4.78 is 5.93. The summed E-state index contributed by atoms with van der Waals surface area (Å²) in [4.78, 5) is 6.75. The molecule has 3 N–H and O–H groups in total. The van der Waals surface area contributed by atoms with Crippen LogP contribution < -0.4 is 15.8 Å². The van der Waals surface area contributed by atoms with Crippen LogP contribution in [0.15, 0.2) is 29.3 Å². The highest BCUT2D eigenvalue weighted by molar-refractivity contribution is 14.0. The van der Waals surface area contributed by atoms with Gasteiger partial charge >= 0.3 is 0 Å². The Labute approximate surface area is 164 Å². The van der Waals surface area contributed by atoms with Gasteiger partial charge in [-0.05, 0) is 39.9 Å². The van der Waals surface area contributed by atoms with Crippen LogP contribution in [0.1, 0.15) is 40.2 Å². The predicted molar refractivity (Wildman–Crippen MR) is 113 cm³/mol. The molecular weight excluding hydrogens is 415 g/mol. The third-order valence-corrected chi connectivity index (χ3v) is 3.45. The number of guanidine groups is 1. The van der Waals surface area contributed by atoms with Gasteiger partial charge in [-0.1, -0.05) is 32.0 Å². The van der Waals surface area contributed by atoms with Crippen molar-refractivity contribution in [3.8, 4) is 5.75 Å². The van der Waals surface area contributed by atoms with Crippen molar-refractivity contribution in [3.63, 3.8) is 0 Å². The topological polar surface area (TPSA) is 62.9 Å². The molecule has 5 nitrogen and oxygen atoms in total. The molecule has 24 heavy (non-hydrogen) atoms. The smallest absolute Gasteiger partial charge is 0.189 e. The number of rotatable bonds is 8. The summed E-state index contributed by atoms with van der Waals surface area (Å²) in [5, 5.41) is 3.16. The van der Waals surface area contributed by atoms with Gasteiger partial charge in [0.15, 0.2) is 5.96 Å². The lowest BCUT2D eigenvalue weighted by atomic mass is 10.1. The summed E-state index contributed by atoms with van der Waals surface area (Å²) in [5.74, 6) is 1.34. The van der Waals surface area contributed by atoms with Crippen molar-refractivity contribution in [2.75, 3.05) is 26.2 Å². The first-order chi connectivity index (χ1) is 10.9. The van der Waals surface area contributed by atoms with Crippen molar-refractivity contribution in [3.05, 3.63) is 29.8 Å². The SMILES string of the molecule is CCN(CC)CCOc1ccccc1CN=C(N)NC(C)(C)C.I. The molecule has 1 rings (SSSR count). The number of para-hydroxylation sites is 1. The third kappa shape index (κ3) is 9.32. The van der Waals surface area contributed by atoms with Crippen LogP contribution in [-0.4, -0.2) is 42.6 Å². The van der Waals surface area contributed by atoms with Gasteiger partial charge in [0.1, 0.15) is 12.4 Å². The van der Waals surface area contributed by atoms with E-state index in [2.05, 4.69) is 49.8 Å². The van der Waals surface area contributed by atoms with Crippen LogP contribution in [-0.2, 0) is 6.54 Å². The zero-order valence-corrected chi connectivity index (χ0v) is 18.0. The van der Waals surface area contributed by atoms with Crippen LogP contribution in [0.25, 0.3) is 0 Å². The molecule has 0 aliphatic rings. The molecule has 0 fully saturated rings. The molecule has 0 unspecified atom stereocenters. The van der Waals surface area contributed by atoms with Crippen molar-refractivity contribution in [2.45, 2.75) is 46.7 Å². The molecule has 0 aliphatic carbocycles. The van der Waals surface area contributed by atoms with E-state index in [4.69, 9.17) is 10.5 Å². The van der Waals surface area contributed by atoms with Gasteiger partial charge in [-0.15, -0.1) is 24.0 Å². The molecular formula is C18H33IN4O. The number of nitrogens with zero attached hydrogens (tertiary/aromatic N) is 2. The van der Waals surface area contributed by atoms with E-state index in [1.807, 2.05) is 24.3 Å². The van der Waals surface area contributed by atoms with Gasteiger partial charge in [-0.3, -0.25) is 0 Å². The predicted octanol–water partition coefficient (Wildman–Crippen LogP) is 3.23. The number of nitrogens with one attached hydrogen (secondary N) is 1. The van der Waals surface area contributed by atoms with Crippen molar-refractivity contribution in [1.82, 2.24) is 10.2 Å². The lowest BCUT2D eigenvalue weighted by Crippen LogP contribution is -2.44. The quantitative estimate of drug-likeness (QED) is 0.364. The summed E-state index contributed by atoms with van der Waals surface area (Å²) >= 11 is 0. The molecule has 1 aromatic carbocycles. The third-order valence-electron chi connectivity index (χ3n) is 3.45. The maximum Gasteiger partial charge on any atom is 0.189 e. The molecule has 0 heterocycles. The van der Waals surface area contributed by atoms with Crippen LogP contribution >= 0.6 is 24.0 Å². The molecule has 6 heteroatoms. The first-order valence-corrected chi connectivity index (χ1v) is 8.37. The molecule has 0 bridgehead atoms. The summed E-state index contributed by atoms with van der Waals surface area (Å²) in [6.45, 7) is 14.7. The molecule has 0 radical (unpaired) electrons. The number of benzene rings is 1. The second kappa shape index (κ2) is 11.5. The van der Waals surface area contributed by atoms with Crippen LogP contribution in [0.4, 0.5) is 0 Å². The normalized spacial score (nSPS) is 12.0. The zero-order valence-electron chi connectivity index (χ0n) is 15.6. The van der Waals surface area contributed by atoms with E-state index in [0.717, 1.165) is 30.9 Å². The Hall–Kier alpha value is -1.02. The molecule has 0 atom stereocenters. The minimum Gasteiger partial charge on any atom is -0.492 e. The number of hydrogen-bond donors (Lipinski definition) is 2. The van der Waals surface area contributed by atoms with Crippen molar-refractivity contribution in [1.29, 1.82) is 0 Å². The van der Waals surface area contributed by atoms with E-state index in [1.165, 1.54) is 0 Å². The second-order valence-electron chi connectivity index (χ2n) is 6.56. The van der Waals surface area contributed by atoms with Gasteiger partial charge in [-0.25, -0.2) is 4.99 Å².